The van der Waals surface area contributed by atoms with Crippen LogP contribution >= 0.6 is 11.3 Å². The zero-order chi connectivity index (χ0) is 23.1. The molecule has 1 aromatic heterocycles. The van der Waals surface area contributed by atoms with Crippen LogP contribution in [-0.4, -0.2) is 39.8 Å². The lowest BCUT2D eigenvalue weighted by Gasteiger charge is -2.20. The molecule has 0 aliphatic rings. The second-order valence-electron chi connectivity index (χ2n) is 6.80. The second-order valence-corrected chi connectivity index (χ2v) is 7.65. The highest BCUT2D eigenvalue weighted by Gasteiger charge is 2.18. The second kappa shape index (κ2) is 10.5. The first-order valence-corrected chi connectivity index (χ1v) is 10.9. The molecular weight excluding hydrogens is 430 g/mol. The van der Waals surface area contributed by atoms with Crippen LogP contribution in [0.5, 0.6) is 0 Å². The summed E-state index contributed by atoms with van der Waals surface area (Å²) < 4.78 is 0. The Morgan fingerprint density at radius 1 is 1.19 bits per heavy atom. The molecule has 0 atom stereocenters. The third-order valence-corrected chi connectivity index (χ3v) is 5.62. The lowest BCUT2D eigenvalue weighted by Crippen LogP contribution is -2.21. The van der Waals surface area contributed by atoms with Crippen molar-refractivity contribution < 1.29 is 14.8 Å². The van der Waals surface area contributed by atoms with Gasteiger partial charge in [-0.15, -0.1) is 11.3 Å². The van der Waals surface area contributed by atoms with Gasteiger partial charge in [-0.25, -0.2) is 9.78 Å². The molecule has 0 saturated heterocycles. The van der Waals surface area contributed by atoms with Crippen LogP contribution in [-0.2, 0) is 11.2 Å². The summed E-state index contributed by atoms with van der Waals surface area (Å²) in [7, 11) is 0. The minimum absolute atomic E-state index is 0.147. The van der Waals surface area contributed by atoms with Crippen molar-refractivity contribution in [1.29, 1.82) is 0 Å². The summed E-state index contributed by atoms with van der Waals surface area (Å²) in [5, 5.41) is 26.9. The van der Waals surface area contributed by atoms with Crippen LogP contribution in [0.3, 0.4) is 0 Å². The number of carboxylic acids is 1. The standard InChI is InChI=1S/C22H23N5O4S/c1-3-26(4-2)17-11-9-15(10-12-17)19-14-32-22(23-19)25-24-18(21(28)29)13-16-7-5-6-8-20(16)27(30)31/h5-12,14H,3-4,13H2,1-2H3,(H,23,25)(H,28,29)/b24-18+. The average molecular weight is 454 g/mol. The average Bonchev–Trinajstić information content (AvgIpc) is 3.27. The Labute approximate surface area is 189 Å². The van der Waals surface area contributed by atoms with Gasteiger partial charge in [-0.2, -0.15) is 5.10 Å². The molecule has 0 bridgehead atoms. The van der Waals surface area contributed by atoms with Gasteiger partial charge in [0.25, 0.3) is 5.69 Å². The van der Waals surface area contributed by atoms with E-state index in [-0.39, 0.29) is 23.4 Å². The number of anilines is 2. The first-order valence-electron chi connectivity index (χ1n) is 10.0. The number of hydrogen-bond acceptors (Lipinski definition) is 8. The van der Waals surface area contributed by atoms with Crippen molar-refractivity contribution in [2.75, 3.05) is 23.4 Å². The molecule has 10 heteroatoms. The summed E-state index contributed by atoms with van der Waals surface area (Å²) in [5.41, 5.74) is 5.36. The molecule has 0 unspecified atom stereocenters. The Morgan fingerprint density at radius 3 is 2.50 bits per heavy atom. The number of aliphatic carboxylic acids is 1. The first kappa shape index (κ1) is 22.9. The van der Waals surface area contributed by atoms with Gasteiger partial charge in [0, 0.05) is 47.8 Å². The van der Waals surface area contributed by atoms with E-state index in [0.717, 1.165) is 30.0 Å². The van der Waals surface area contributed by atoms with E-state index < -0.39 is 10.9 Å². The Morgan fingerprint density at radius 2 is 1.88 bits per heavy atom. The Hall–Kier alpha value is -3.79. The predicted molar refractivity (Wildman–Crippen MR) is 127 cm³/mol. The molecule has 9 nitrogen and oxygen atoms in total. The van der Waals surface area contributed by atoms with Crippen molar-refractivity contribution in [3.8, 4) is 11.3 Å². The normalized spacial score (nSPS) is 11.2. The smallest absolute Gasteiger partial charge is 0.352 e. The van der Waals surface area contributed by atoms with Gasteiger partial charge in [0.2, 0.25) is 5.13 Å². The highest BCUT2D eigenvalue weighted by atomic mass is 32.1. The number of nitrogens with one attached hydrogen (secondary N) is 1. The van der Waals surface area contributed by atoms with E-state index in [2.05, 4.69) is 34.3 Å². The van der Waals surface area contributed by atoms with Crippen molar-refractivity contribution >= 4 is 39.5 Å². The molecular formula is C22H23N5O4S. The number of thiazole rings is 1. The van der Waals surface area contributed by atoms with Crippen molar-refractivity contribution in [1.82, 2.24) is 4.98 Å². The molecule has 166 valence electrons. The number of aromatic nitrogens is 1. The van der Waals surface area contributed by atoms with E-state index in [0.29, 0.717) is 5.13 Å². The van der Waals surface area contributed by atoms with E-state index in [1.807, 2.05) is 29.6 Å². The number of nitro groups is 1. The molecule has 3 aromatic rings. The highest BCUT2D eigenvalue weighted by Crippen LogP contribution is 2.27. The zero-order valence-electron chi connectivity index (χ0n) is 17.7. The molecule has 0 aliphatic heterocycles. The molecule has 2 aromatic carbocycles. The highest BCUT2D eigenvalue weighted by molar-refractivity contribution is 7.14. The van der Waals surface area contributed by atoms with Gasteiger partial charge in [0.05, 0.1) is 10.6 Å². The van der Waals surface area contributed by atoms with Crippen molar-refractivity contribution in [2.45, 2.75) is 20.3 Å². The van der Waals surface area contributed by atoms with Crippen LogP contribution in [0.15, 0.2) is 59.0 Å². The van der Waals surface area contributed by atoms with Gasteiger partial charge in [0.1, 0.15) is 5.71 Å². The fourth-order valence-corrected chi connectivity index (χ4v) is 3.85. The van der Waals surface area contributed by atoms with Gasteiger partial charge in [-0.05, 0) is 26.0 Å². The lowest BCUT2D eigenvalue weighted by atomic mass is 10.1. The van der Waals surface area contributed by atoms with E-state index in [1.54, 1.807) is 6.07 Å². The maximum absolute atomic E-state index is 11.6. The maximum Gasteiger partial charge on any atom is 0.352 e. The van der Waals surface area contributed by atoms with Gasteiger partial charge in [0.15, 0.2) is 0 Å². The monoisotopic (exact) mass is 453 g/mol. The fraction of sp³-hybridized carbons (Fsp3) is 0.227. The molecule has 0 saturated carbocycles. The number of hydrogen-bond donors (Lipinski definition) is 2. The van der Waals surface area contributed by atoms with Gasteiger partial charge in [-0.1, -0.05) is 30.3 Å². The van der Waals surface area contributed by atoms with E-state index >= 15 is 0 Å². The van der Waals surface area contributed by atoms with E-state index in [4.69, 9.17) is 0 Å². The number of nitrogens with zero attached hydrogens (tertiary/aromatic N) is 4. The summed E-state index contributed by atoms with van der Waals surface area (Å²) in [4.78, 5) is 29.0. The van der Waals surface area contributed by atoms with Crippen LogP contribution in [0.2, 0.25) is 0 Å². The molecule has 1 heterocycles. The Kier molecular flexibility index (Phi) is 7.50. The van der Waals surface area contributed by atoms with E-state index in [1.165, 1.54) is 29.5 Å². The molecule has 0 radical (unpaired) electrons. The summed E-state index contributed by atoms with van der Waals surface area (Å²) in [6.07, 6.45) is -0.190. The SMILES string of the molecule is CCN(CC)c1ccc(-c2csc(N/N=C(\Cc3ccccc3[N+](=O)[O-])C(=O)O)n2)cc1. The quantitative estimate of drug-likeness (QED) is 0.260. The predicted octanol–water partition coefficient (Wildman–Crippen LogP) is 4.66. The van der Waals surface area contributed by atoms with Crippen molar-refractivity contribution in [2.24, 2.45) is 5.10 Å². The fourth-order valence-electron chi connectivity index (χ4n) is 3.19. The van der Waals surface area contributed by atoms with E-state index in [9.17, 15) is 20.0 Å². The Bertz CT molecular complexity index is 1120. The minimum atomic E-state index is -1.26. The molecule has 0 spiro atoms. The largest absolute Gasteiger partial charge is 0.477 e. The number of nitro benzene ring substituents is 1. The van der Waals surface area contributed by atoms with Crippen LogP contribution in [0.1, 0.15) is 19.4 Å². The summed E-state index contributed by atoms with van der Waals surface area (Å²) in [5.74, 6) is -1.26. The maximum atomic E-state index is 11.6. The number of carbonyl (C=O) groups is 1. The van der Waals surface area contributed by atoms with Gasteiger partial charge in [-0.3, -0.25) is 15.5 Å². The lowest BCUT2D eigenvalue weighted by molar-refractivity contribution is -0.385. The molecule has 0 amide bonds. The van der Waals surface area contributed by atoms with Crippen LogP contribution < -0.4 is 10.3 Å². The third kappa shape index (κ3) is 5.46. The molecule has 3 rings (SSSR count). The van der Waals surface area contributed by atoms with Crippen molar-refractivity contribution in [3.63, 3.8) is 0 Å². The summed E-state index contributed by atoms with van der Waals surface area (Å²) in [6.45, 7) is 6.07. The van der Waals surface area contributed by atoms with Crippen LogP contribution in [0, 0.1) is 10.1 Å². The van der Waals surface area contributed by atoms with Crippen molar-refractivity contribution in [3.05, 3.63) is 69.6 Å². The summed E-state index contributed by atoms with van der Waals surface area (Å²) in [6, 6.07) is 14.1. The first-order chi connectivity index (χ1) is 15.4. The zero-order valence-corrected chi connectivity index (χ0v) is 18.5. The molecule has 2 N–H and O–H groups in total. The van der Waals surface area contributed by atoms with Crippen LogP contribution in [0.4, 0.5) is 16.5 Å². The number of para-hydroxylation sites is 1. The molecule has 32 heavy (non-hydrogen) atoms. The number of hydrazone groups is 1. The van der Waals surface area contributed by atoms with Gasteiger partial charge < -0.3 is 10.0 Å². The number of rotatable bonds is 10. The Balaban J connectivity index is 1.75. The number of benzene rings is 2. The molecule has 0 fully saturated rings. The third-order valence-electron chi connectivity index (χ3n) is 4.88. The van der Waals surface area contributed by atoms with Gasteiger partial charge >= 0.3 is 5.97 Å². The topological polar surface area (TPSA) is 121 Å². The molecule has 0 aliphatic carbocycles. The minimum Gasteiger partial charge on any atom is -0.477 e. The van der Waals surface area contributed by atoms with Crippen LogP contribution in [0.25, 0.3) is 11.3 Å². The summed E-state index contributed by atoms with van der Waals surface area (Å²) >= 11 is 1.29. The number of carboxylic acid groups (broad SMARTS) is 1.